The molecule has 0 saturated heterocycles. The molecule has 8 atom stereocenters. The van der Waals surface area contributed by atoms with Gasteiger partial charge in [0.05, 0.1) is 0 Å². The number of allylic oxidation sites excluding steroid dienone is 2. The van der Waals surface area contributed by atoms with Crippen LogP contribution in [0.1, 0.15) is 79.1 Å². The molecule has 0 radical (unpaired) electrons. The maximum absolute atomic E-state index is 12.2. The Balaban J connectivity index is 0.000000880. The van der Waals surface area contributed by atoms with Crippen molar-refractivity contribution >= 4 is 15.0 Å². The number of ketones is 1. The van der Waals surface area contributed by atoms with E-state index < -0.39 is 0 Å². The molecule has 3 fully saturated rings. The molecule has 0 aromatic carbocycles. The quantitative estimate of drug-likeness (QED) is 0.396. The Morgan fingerprint density at radius 1 is 1.08 bits per heavy atom. The molecule has 3 saturated carbocycles. The van der Waals surface area contributed by atoms with Gasteiger partial charge in [-0.15, -0.1) is 9.24 Å². The molecule has 0 aromatic heterocycles. The van der Waals surface area contributed by atoms with Gasteiger partial charge in [-0.2, -0.15) is 0 Å². The number of Topliss-reactive ketones (excluding diaryl/α,β-unsaturated/α-hetero) is 1. The molecular formula is C23H39OP. The number of carbonyl (C=O) groups is 1. The van der Waals surface area contributed by atoms with Crippen molar-refractivity contribution in [2.75, 3.05) is 6.66 Å². The van der Waals surface area contributed by atoms with Crippen LogP contribution in [-0.2, 0) is 4.79 Å². The largest absolute Gasteiger partial charge is 0.300 e. The Kier molecular flexibility index (Phi) is 5.57. The molecule has 0 aromatic rings. The van der Waals surface area contributed by atoms with E-state index in [1.165, 1.54) is 44.9 Å². The van der Waals surface area contributed by atoms with Crippen LogP contribution in [0.2, 0.25) is 0 Å². The minimum Gasteiger partial charge on any atom is -0.300 e. The molecule has 142 valence electrons. The molecule has 8 unspecified atom stereocenters. The molecule has 4 aliphatic rings. The third-order valence-electron chi connectivity index (χ3n) is 8.84. The van der Waals surface area contributed by atoms with Crippen LogP contribution in [0.4, 0.5) is 0 Å². The summed E-state index contributed by atoms with van der Waals surface area (Å²) in [7, 11) is 2.42. The van der Waals surface area contributed by atoms with Crippen molar-refractivity contribution in [1.29, 1.82) is 0 Å². The molecule has 0 spiro atoms. The number of rotatable bonds is 1. The molecule has 1 nitrogen and oxygen atoms in total. The molecule has 25 heavy (non-hydrogen) atoms. The van der Waals surface area contributed by atoms with Gasteiger partial charge in [-0.1, -0.05) is 39.1 Å². The summed E-state index contributed by atoms with van der Waals surface area (Å²) in [6.45, 7) is 11.2. The number of carbonyl (C=O) groups excluding carboxylic acids is 1. The second-order valence-electron chi connectivity index (χ2n) is 9.89. The van der Waals surface area contributed by atoms with Gasteiger partial charge in [-0.3, -0.25) is 4.79 Å². The van der Waals surface area contributed by atoms with Crippen LogP contribution < -0.4 is 0 Å². The third-order valence-corrected chi connectivity index (χ3v) is 8.84. The van der Waals surface area contributed by atoms with E-state index in [2.05, 4.69) is 36.1 Å². The Labute approximate surface area is 158 Å². The van der Waals surface area contributed by atoms with E-state index in [1.54, 1.807) is 5.57 Å². The topological polar surface area (TPSA) is 17.1 Å². The van der Waals surface area contributed by atoms with Crippen LogP contribution >= 0.6 is 9.24 Å². The van der Waals surface area contributed by atoms with Crippen molar-refractivity contribution in [2.24, 2.45) is 40.4 Å². The number of hydrogen-bond acceptors (Lipinski definition) is 1. The van der Waals surface area contributed by atoms with Crippen LogP contribution in [0, 0.1) is 40.4 Å². The molecule has 0 heterocycles. The summed E-state index contributed by atoms with van der Waals surface area (Å²) in [4.78, 5) is 12.2. The Hall–Kier alpha value is -0.160. The monoisotopic (exact) mass is 362 g/mol. The van der Waals surface area contributed by atoms with Crippen molar-refractivity contribution in [3.8, 4) is 0 Å². The first-order valence-electron chi connectivity index (χ1n) is 10.6. The fourth-order valence-corrected chi connectivity index (χ4v) is 7.51. The molecule has 0 bridgehead atoms. The van der Waals surface area contributed by atoms with Gasteiger partial charge in [0.25, 0.3) is 0 Å². The predicted octanol–water partition coefficient (Wildman–Crippen LogP) is 6.28. The first-order chi connectivity index (χ1) is 11.9. The van der Waals surface area contributed by atoms with E-state index in [0.717, 1.165) is 30.1 Å². The fraction of sp³-hybridized carbons (Fsp3) is 0.870. The fourth-order valence-electron chi connectivity index (χ4n) is 7.51. The van der Waals surface area contributed by atoms with E-state index in [1.807, 2.05) is 13.6 Å². The maximum atomic E-state index is 12.2. The summed E-state index contributed by atoms with van der Waals surface area (Å²) < 4.78 is 0. The molecule has 2 heteroatoms. The Bertz CT molecular complexity index is 552. The summed E-state index contributed by atoms with van der Waals surface area (Å²) in [5.41, 5.74) is 2.57. The van der Waals surface area contributed by atoms with Gasteiger partial charge in [-0.25, -0.2) is 0 Å². The Morgan fingerprint density at radius 3 is 2.48 bits per heavy atom. The van der Waals surface area contributed by atoms with Gasteiger partial charge in [0.2, 0.25) is 0 Å². The lowest BCUT2D eigenvalue weighted by Gasteiger charge is -2.58. The smallest absolute Gasteiger partial charge is 0.133 e. The van der Waals surface area contributed by atoms with Crippen LogP contribution in [0.5, 0.6) is 0 Å². The predicted molar refractivity (Wildman–Crippen MR) is 111 cm³/mol. The van der Waals surface area contributed by atoms with Crippen LogP contribution in [0.25, 0.3) is 0 Å². The molecular weight excluding hydrogens is 323 g/mol. The van der Waals surface area contributed by atoms with Crippen molar-refractivity contribution in [2.45, 2.75) is 79.1 Å². The summed E-state index contributed by atoms with van der Waals surface area (Å²) >= 11 is 0. The van der Waals surface area contributed by atoms with Crippen molar-refractivity contribution in [1.82, 2.24) is 0 Å². The highest BCUT2D eigenvalue weighted by atomic mass is 31.0. The molecule has 0 aliphatic heterocycles. The molecule has 0 N–H and O–H groups in total. The van der Waals surface area contributed by atoms with E-state index in [0.29, 0.717) is 22.5 Å². The van der Waals surface area contributed by atoms with Gasteiger partial charge in [0.1, 0.15) is 5.78 Å². The summed E-state index contributed by atoms with van der Waals surface area (Å²) in [5.74, 6) is 4.22. The van der Waals surface area contributed by atoms with Crippen molar-refractivity contribution < 1.29 is 4.79 Å². The van der Waals surface area contributed by atoms with E-state index in [4.69, 9.17) is 0 Å². The highest BCUT2D eigenvalue weighted by Gasteiger charge is 2.59. The highest BCUT2D eigenvalue weighted by Crippen LogP contribution is 2.66. The SMILES string of the molecule is CC(=O)C1CCC2C3CC=C4CC(C)CCC4(C)C3CCC12C.CP. The average molecular weight is 363 g/mol. The van der Waals surface area contributed by atoms with Crippen molar-refractivity contribution in [3.05, 3.63) is 11.6 Å². The lowest BCUT2D eigenvalue weighted by molar-refractivity contribution is -0.127. The zero-order valence-corrected chi connectivity index (χ0v) is 18.3. The van der Waals surface area contributed by atoms with Crippen LogP contribution in [0.3, 0.4) is 0 Å². The van der Waals surface area contributed by atoms with Crippen LogP contribution in [0.15, 0.2) is 11.6 Å². The van der Waals surface area contributed by atoms with Gasteiger partial charge in [-0.05, 0) is 92.8 Å². The summed E-state index contributed by atoms with van der Waals surface area (Å²) in [6.07, 6.45) is 13.2. The second-order valence-corrected chi connectivity index (χ2v) is 9.89. The first kappa shape index (κ1) is 19.6. The van der Waals surface area contributed by atoms with E-state index in [-0.39, 0.29) is 0 Å². The minimum absolute atomic E-state index is 0.302. The summed E-state index contributed by atoms with van der Waals surface area (Å²) in [6, 6.07) is 0. The lowest BCUT2D eigenvalue weighted by atomic mass is 9.47. The second kappa shape index (κ2) is 7.10. The van der Waals surface area contributed by atoms with E-state index in [9.17, 15) is 4.79 Å². The first-order valence-corrected chi connectivity index (χ1v) is 11.8. The standard InChI is InChI=1S/C22H34O.CH5P/c1-14-9-11-21(3)16(13-14)5-6-17-19-8-7-18(15(2)23)22(19,4)12-10-20(17)21;1-2/h5,14,17-20H,6-13H2,1-4H3;2H2,1H3. The number of hydrogen-bond donors (Lipinski definition) is 0. The average Bonchev–Trinajstić information content (AvgIpc) is 2.95. The molecule has 0 amide bonds. The summed E-state index contributed by atoms with van der Waals surface area (Å²) in [5, 5.41) is 0. The molecule has 4 aliphatic carbocycles. The number of fused-ring (bicyclic) bond motifs is 5. The lowest BCUT2D eigenvalue weighted by Crippen LogP contribution is -2.50. The minimum atomic E-state index is 0.302. The van der Waals surface area contributed by atoms with E-state index >= 15 is 0 Å². The van der Waals surface area contributed by atoms with Gasteiger partial charge in [0.15, 0.2) is 0 Å². The van der Waals surface area contributed by atoms with Gasteiger partial charge in [0, 0.05) is 5.92 Å². The third kappa shape index (κ3) is 2.97. The van der Waals surface area contributed by atoms with Gasteiger partial charge >= 0.3 is 0 Å². The Morgan fingerprint density at radius 2 is 1.80 bits per heavy atom. The van der Waals surface area contributed by atoms with Gasteiger partial charge < -0.3 is 0 Å². The zero-order chi connectivity index (χ0) is 18.4. The maximum Gasteiger partial charge on any atom is 0.133 e. The van der Waals surface area contributed by atoms with Crippen LogP contribution in [-0.4, -0.2) is 12.4 Å². The zero-order valence-electron chi connectivity index (χ0n) is 17.1. The normalized spacial score (nSPS) is 48.2. The highest BCUT2D eigenvalue weighted by molar-refractivity contribution is 7.15. The van der Waals surface area contributed by atoms with Crippen molar-refractivity contribution in [3.63, 3.8) is 0 Å². The molecule has 4 rings (SSSR count).